The number of hydrogen-bond acceptors (Lipinski definition) is 3. The largest absolute Gasteiger partial charge is 0.469 e. The van der Waals surface area contributed by atoms with Crippen LogP contribution in [0.3, 0.4) is 0 Å². The molecule has 0 aliphatic rings. The number of nitrogens with zero attached hydrogens (tertiary/aromatic N) is 1. The number of hydrogen-bond donors (Lipinski definition) is 0. The Morgan fingerprint density at radius 3 is 2.59 bits per heavy atom. The van der Waals surface area contributed by atoms with Crippen LogP contribution in [-0.4, -0.2) is 18.1 Å². The number of ether oxygens (including phenoxy) is 1. The topological polar surface area (TPSA) is 39.2 Å². The molecule has 2 rings (SSSR count). The number of pyridine rings is 1. The molecule has 0 unspecified atom stereocenters. The Labute approximate surface area is 135 Å². The third-order valence-corrected chi connectivity index (χ3v) is 3.58. The first-order chi connectivity index (χ1) is 10.4. The Kier molecular flexibility index (Phi) is 5.32. The average Bonchev–Trinajstić information content (AvgIpc) is 2.45. The number of esters is 1. The van der Waals surface area contributed by atoms with E-state index in [1.807, 2.05) is 0 Å². The van der Waals surface area contributed by atoms with Gasteiger partial charge in [0.25, 0.3) is 0 Å². The van der Waals surface area contributed by atoms with Gasteiger partial charge in [-0.3, -0.25) is 4.79 Å². The number of aromatic nitrogens is 1. The van der Waals surface area contributed by atoms with Gasteiger partial charge in [-0.25, -0.2) is 13.8 Å². The quantitative estimate of drug-likeness (QED) is 0.607. The molecule has 0 aliphatic carbocycles. The van der Waals surface area contributed by atoms with E-state index in [0.29, 0.717) is 11.1 Å². The van der Waals surface area contributed by atoms with Crippen LogP contribution in [0.5, 0.6) is 0 Å². The highest BCUT2D eigenvalue weighted by molar-refractivity contribution is 6.33. The van der Waals surface area contributed by atoms with Crippen molar-refractivity contribution < 1.29 is 18.3 Å². The van der Waals surface area contributed by atoms with Gasteiger partial charge in [0, 0.05) is 18.1 Å². The van der Waals surface area contributed by atoms with Crippen molar-refractivity contribution in [2.45, 2.75) is 12.8 Å². The molecule has 3 nitrogen and oxygen atoms in total. The third kappa shape index (κ3) is 3.72. The molecule has 2 aromatic rings. The minimum atomic E-state index is -0.752. The van der Waals surface area contributed by atoms with Gasteiger partial charge in [0.1, 0.15) is 21.9 Å². The van der Waals surface area contributed by atoms with Crippen molar-refractivity contribution in [1.82, 2.24) is 4.98 Å². The van der Waals surface area contributed by atoms with Crippen LogP contribution in [0.25, 0.3) is 11.1 Å². The van der Waals surface area contributed by atoms with Gasteiger partial charge in [0.05, 0.1) is 7.11 Å². The summed E-state index contributed by atoms with van der Waals surface area (Å²) in [7, 11) is 1.27. The molecule has 0 bridgehead atoms. The Hall–Kier alpha value is -1.72. The van der Waals surface area contributed by atoms with Crippen LogP contribution >= 0.6 is 23.2 Å². The summed E-state index contributed by atoms with van der Waals surface area (Å²) in [6.45, 7) is 0. The number of rotatable bonds is 4. The summed E-state index contributed by atoms with van der Waals surface area (Å²) in [5, 5.41) is 0.140. The maximum Gasteiger partial charge on any atom is 0.305 e. The number of halogens is 4. The highest BCUT2D eigenvalue weighted by Gasteiger charge is 2.17. The van der Waals surface area contributed by atoms with Gasteiger partial charge in [-0.1, -0.05) is 23.2 Å². The molecule has 0 radical (unpaired) electrons. The Morgan fingerprint density at radius 2 is 1.95 bits per heavy atom. The van der Waals surface area contributed by atoms with E-state index in [2.05, 4.69) is 9.72 Å². The standard InChI is InChI=1S/C15H11Cl2F2NO2/c1-22-14(21)5-4-10-11(7-13(16)20-15(10)17)9-3-2-8(18)6-12(9)19/h2-3,6-7H,4-5H2,1H3. The maximum absolute atomic E-state index is 14.0. The number of benzene rings is 1. The normalized spacial score (nSPS) is 10.6. The number of carbonyl (C=O) groups excluding carboxylic acids is 1. The van der Waals surface area contributed by atoms with Crippen LogP contribution in [0, 0.1) is 11.6 Å². The van der Waals surface area contributed by atoms with Crippen LogP contribution in [0.15, 0.2) is 24.3 Å². The van der Waals surface area contributed by atoms with E-state index in [0.717, 1.165) is 12.1 Å². The molecule has 116 valence electrons. The van der Waals surface area contributed by atoms with Gasteiger partial charge in [0.15, 0.2) is 0 Å². The molecule has 0 saturated carbocycles. The third-order valence-electron chi connectivity index (χ3n) is 3.07. The SMILES string of the molecule is COC(=O)CCc1c(-c2ccc(F)cc2F)cc(Cl)nc1Cl. The van der Waals surface area contributed by atoms with Crippen LogP contribution in [0.2, 0.25) is 10.3 Å². The molecule has 0 N–H and O–H groups in total. The van der Waals surface area contributed by atoms with Gasteiger partial charge >= 0.3 is 5.97 Å². The molecule has 0 aliphatic heterocycles. The van der Waals surface area contributed by atoms with E-state index < -0.39 is 17.6 Å². The first kappa shape index (κ1) is 16.6. The molecule has 0 amide bonds. The second-order valence-electron chi connectivity index (χ2n) is 4.46. The molecule has 7 heteroatoms. The van der Waals surface area contributed by atoms with Crippen LogP contribution in [0.4, 0.5) is 8.78 Å². The van der Waals surface area contributed by atoms with Crippen molar-refractivity contribution >= 4 is 29.2 Å². The molecule has 1 heterocycles. The molecular formula is C15H11Cl2F2NO2. The van der Waals surface area contributed by atoms with E-state index in [-0.39, 0.29) is 28.7 Å². The fraction of sp³-hybridized carbons (Fsp3) is 0.200. The maximum atomic E-state index is 14.0. The second-order valence-corrected chi connectivity index (χ2v) is 5.21. The lowest BCUT2D eigenvalue weighted by atomic mass is 9.98. The van der Waals surface area contributed by atoms with Crippen molar-refractivity contribution in [2.75, 3.05) is 7.11 Å². The van der Waals surface area contributed by atoms with Crippen molar-refractivity contribution in [3.8, 4) is 11.1 Å². The summed E-state index contributed by atoms with van der Waals surface area (Å²) in [5.74, 6) is -1.88. The lowest BCUT2D eigenvalue weighted by Crippen LogP contribution is -2.04. The summed E-state index contributed by atoms with van der Waals surface area (Å²) < 4.78 is 31.6. The molecular weight excluding hydrogens is 335 g/mol. The lowest BCUT2D eigenvalue weighted by molar-refractivity contribution is -0.140. The molecule has 0 spiro atoms. The van der Waals surface area contributed by atoms with Gasteiger partial charge in [0.2, 0.25) is 0 Å². The zero-order valence-corrected chi connectivity index (χ0v) is 13.0. The van der Waals surface area contributed by atoms with E-state index >= 15 is 0 Å². The predicted molar refractivity (Wildman–Crippen MR) is 79.9 cm³/mol. The summed E-state index contributed by atoms with van der Waals surface area (Å²) in [6, 6.07) is 4.61. The van der Waals surface area contributed by atoms with E-state index in [4.69, 9.17) is 23.2 Å². The number of methoxy groups -OCH3 is 1. The molecule has 1 aromatic carbocycles. The van der Waals surface area contributed by atoms with Crippen LogP contribution < -0.4 is 0 Å². The summed E-state index contributed by atoms with van der Waals surface area (Å²) in [5.41, 5.74) is 0.945. The van der Waals surface area contributed by atoms with Gasteiger partial charge in [-0.2, -0.15) is 0 Å². The van der Waals surface area contributed by atoms with Crippen molar-refractivity contribution in [3.05, 3.63) is 51.8 Å². The van der Waals surface area contributed by atoms with E-state index in [9.17, 15) is 13.6 Å². The molecule has 22 heavy (non-hydrogen) atoms. The Balaban J connectivity index is 2.51. The second kappa shape index (κ2) is 7.03. The zero-order valence-electron chi connectivity index (χ0n) is 11.5. The first-order valence-electron chi connectivity index (χ1n) is 6.29. The summed E-state index contributed by atoms with van der Waals surface area (Å²) in [4.78, 5) is 15.2. The summed E-state index contributed by atoms with van der Waals surface area (Å²) in [6.07, 6.45) is 0.247. The van der Waals surface area contributed by atoms with Crippen molar-refractivity contribution in [1.29, 1.82) is 0 Å². The highest BCUT2D eigenvalue weighted by Crippen LogP contribution is 2.33. The van der Waals surface area contributed by atoms with E-state index in [1.54, 1.807) is 0 Å². The minimum Gasteiger partial charge on any atom is -0.469 e. The fourth-order valence-corrected chi connectivity index (χ4v) is 2.55. The van der Waals surface area contributed by atoms with Crippen LogP contribution in [-0.2, 0) is 16.0 Å². The Morgan fingerprint density at radius 1 is 1.23 bits per heavy atom. The minimum absolute atomic E-state index is 0.0509. The molecule has 0 atom stereocenters. The monoisotopic (exact) mass is 345 g/mol. The smallest absolute Gasteiger partial charge is 0.305 e. The van der Waals surface area contributed by atoms with Gasteiger partial charge < -0.3 is 4.74 Å². The van der Waals surface area contributed by atoms with Gasteiger partial charge in [-0.05, 0) is 35.7 Å². The first-order valence-corrected chi connectivity index (χ1v) is 7.05. The molecule has 0 fully saturated rings. The number of carbonyl (C=O) groups is 1. The van der Waals surface area contributed by atoms with Crippen LogP contribution in [0.1, 0.15) is 12.0 Å². The lowest BCUT2D eigenvalue weighted by Gasteiger charge is -2.12. The fourth-order valence-electron chi connectivity index (χ4n) is 2.03. The van der Waals surface area contributed by atoms with Crippen molar-refractivity contribution in [3.63, 3.8) is 0 Å². The summed E-state index contributed by atoms with van der Waals surface area (Å²) >= 11 is 11.9. The predicted octanol–water partition coefficient (Wildman–Crippen LogP) is 4.44. The average molecular weight is 346 g/mol. The van der Waals surface area contributed by atoms with E-state index in [1.165, 1.54) is 19.2 Å². The van der Waals surface area contributed by atoms with Crippen molar-refractivity contribution in [2.24, 2.45) is 0 Å². The highest BCUT2D eigenvalue weighted by atomic mass is 35.5. The zero-order chi connectivity index (χ0) is 16.3. The Bertz CT molecular complexity index is 723. The molecule has 0 saturated heterocycles. The van der Waals surface area contributed by atoms with Gasteiger partial charge in [-0.15, -0.1) is 0 Å². The molecule has 1 aromatic heterocycles.